The predicted molar refractivity (Wildman–Crippen MR) is 133 cm³/mol. The van der Waals surface area contributed by atoms with Crippen LogP contribution in [0.2, 0.25) is 0 Å². The molecule has 2 amide bonds. The van der Waals surface area contributed by atoms with Gasteiger partial charge in [-0.3, -0.25) is 19.4 Å². The molecule has 1 aromatic carbocycles. The molecule has 2 N–H and O–H groups in total. The first-order valence-corrected chi connectivity index (χ1v) is 12.1. The molecule has 1 atom stereocenters. The van der Waals surface area contributed by atoms with Crippen LogP contribution in [0, 0.1) is 6.92 Å². The Bertz CT molecular complexity index is 1630. The quantitative estimate of drug-likeness (QED) is 0.360. The number of Topliss-reactive ketones (excluding diaryl/α,β-unsaturated/α-hetero) is 1. The first kappa shape index (κ1) is 26.0. The van der Waals surface area contributed by atoms with E-state index in [4.69, 9.17) is 0 Å². The maximum Gasteiger partial charge on any atom is 0.433 e. The SMILES string of the molecule is CC(=O)c1ccc2c(c1C)CC[C@@H]2NC(=O)c1cc(C(=O)NCc2ccnc(C(F)(F)F)c2)nc2ccnn12. The fourth-order valence-corrected chi connectivity index (χ4v) is 4.85. The minimum absolute atomic E-state index is 0.0174. The van der Waals surface area contributed by atoms with Crippen LogP contribution in [0.3, 0.4) is 0 Å². The van der Waals surface area contributed by atoms with Gasteiger partial charge in [0.15, 0.2) is 11.4 Å². The van der Waals surface area contributed by atoms with Gasteiger partial charge in [-0.05, 0) is 61.1 Å². The number of fused-ring (bicyclic) bond motifs is 2. The number of halogens is 3. The molecule has 0 radical (unpaired) electrons. The van der Waals surface area contributed by atoms with Crippen LogP contribution < -0.4 is 10.6 Å². The van der Waals surface area contributed by atoms with Crippen molar-refractivity contribution in [1.29, 1.82) is 0 Å². The standard InChI is InChI=1S/C27H23F3N6O3/c1-14-17(15(2)37)3-4-19-18(14)5-6-20(19)35-26(39)22-12-21(34-24-8-10-33-36(22)24)25(38)32-13-16-7-9-31-23(11-16)27(28,29)30/h3-4,7-12,20H,5-6,13H2,1-2H3,(H,32,38)(H,35,39)/t20-/m0/s1. The molecular weight excluding hydrogens is 513 g/mol. The Balaban J connectivity index is 1.36. The lowest BCUT2D eigenvalue weighted by Gasteiger charge is -2.16. The van der Waals surface area contributed by atoms with Crippen molar-refractivity contribution < 1.29 is 27.6 Å². The second-order valence-corrected chi connectivity index (χ2v) is 9.28. The van der Waals surface area contributed by atoms with E-state index in [1.165, 1.54) is 35.8 Å². The number of carbonyl (C=O) groups is 3. The van der Waals surface area contributed by atoms with Gasteiger partial charge in [-0.2, -0.15) is 18.3 Å². The molecule has 39 heavy (non-hydrogen) atoms. The van der Waals surface area contributed by atoms with Crippen molar-refractivity contribution in [3.8, 4) is 0 Å². The highest BCUT2D eigenvalue weighted by molar-refractivity contribution is 5.98. The van der Waals surface area contributed by atoms with Gasteiger partial charge >= 0.3 is 6.18 Å². The number of benzene rings is 1. The van der Waals surface area contributed by atoms with Crippen molar-refractivity contribution in [2.24, 2.45) is 0 Å². The Hall–Kier alpha value is -4.61. The molecule has 3 aromatic heterocycles. The van der Waals surface area contributed by atoms with E-state index in [0.29, 0.717) is 18.4 Å². The van der Waals surface area contributed by atoms with Gasteiger partial charge in [-0.25, -0.2) is 9.50 Å². The maximum atomic E-state index is 13.4. The average molecular weight is 537 g/mol. The van der Waals surface area contributed by atoms with Crippen LogP contribution in [0.4, 0.5) is 13.2 Å². The number of nitrogens with one attached hydrogen (secondary N) is 2. The molecule has 0 unspecified atom stereocenters. The molecule has 0 saturated heterocycles. The molecule has 12 heteroatoms. The normalized spacial score (nSPS) is 14.7. The Morgan fingerprint density at radius 2 is 1.87 bits per heavy atom. The van der Waals surface area contributed by atoms with E-state index < -0.39 is 23.7 Å². The summed E-state index contributed by atoms with van der Waals surface area (Å²) in [6.07, 6.45) is -0.790. The summed E-state index contributed by atoms with van der Waals surface area (Å²) in [6, 6.07) is 8.37. The molecule has 1 aliphatic rings. The van der Waals surface area contributed by atoms with E-state index in [1.807, 2.05) is 13.0 Å². The summed E-state index contributed by atoms with van der Waals surface area (Å²) < 4.78 is 40.2. The summed E-state index contributed by atoms with van der Waals surface area (Å²) in [5.74, 6) is -1.16. The van der Waals surface area contributed by atoms with Crippen molar-refractivity contribution in [1.82, 2.24) is 30.2 Å². The number of amides is 2. The van der Waals surface area contributed by atoms with Crippen LogP contribution in [0.5, 0.6) is 0 Å². The van der Waals surface area contributed by atoms with Crippen LogP contribution in [0.15, 0.2) is 48.8 Å². The summed E-state index contributed by atoms with van der Waals surface area (Å²) in [7, 11) is 0. The first-order chi connectivity index (χ1) is 18.5. The van der Waals surface area contributed by atoms with Gasteiger partial charge in [0.1, 0.15) is 17.1 Å². The highest BCUT2D eigenvalue weighted by Crippen LogP contribution is 2.35. The molecule has 200 valence electrons. The third kappa shape index (κ3) is 5.09. The van der Waals surface area contributed by atoms with E-state index in [1.54, 1.807) is 6.07 Å². The number of hydrogen-bond acceptors (Lipinski definition) is 6. The number of alkyl halides is 3. The number of carbonyl (C=O) groups excluding carboxylic acids is 3. The van der Waals surface area contributed by atoms with Gasteiger partial charge in [0, 0.05) is 30.4 Å². The lowest BCUT2D eigenvalue weighted by atomic mass is 9.96. The summed E-state index contributed by atoms with van der Waals surface area (Å²) in [5, 5.41) is 9.68. The van der Waals surface area contributed by atoms with Crippen molar-refractivity contribution in [3.05, 3.63) is 93.7 Å². The zero-order chi connectivity index (χ0) is 27.9. The van der Waals surface area contributed by atoms with E-state index >= 15 is 0 Å². The van der Waals surface area contributed by atoms with E-state index in [0.717, 1.165) is 29.0 Å². The summed E-state index contributed by atoms with van der Waals surface area (Å²) in [6.45, 7) is 3.22. The molecule has 3 heterocycles. The van der Waals surface area contributed by atoms with E-state index in [9.17, 15) is 27.6 Å². The lowest BCUT2D eigenvalue weighted by Crippen LogP contribution is -2.30. The van der Waals surface area contributed by atoms with Gasteiger partial charge in [-0.15, -0.1) is 0 Å². The molecule has 4 aromatic rings. The Labute approximate surface area is 220 Å². The highest BCUT2D eigenvalue weighted by Gasteiger charge is 2.32. The lowest BCUT2D eigenvalue weighted by molar-refractivity contribution is -0.141. The van der Waals surface area contributed by atoms with Gasteiger partial charge in [-0.1, -0.05) is 12.1 Å². The third-order valence-corrected chi connectivity index (χ3v) is 6.77. The molecule has 9 nitrogen and oxygen atoms in total. The number of hydrogen-bond donors (Lipinski definition) is 2. The molecule has 0 aliphatic heterocycles. The molecule has 0 bridgehead atoms. The fourth-order valence-electron chi connectivity index (χ4n) is 4.85. The van der Waals surface area contributed by atoms with Crippen molar-refractivity contribution in [2.45, 2.75) is 45.5 Å². The number of pyridine rings is 1. The minimum atomic E-state index is -4.61. The number of aromatic nitrogens is 4. The van der Waals surface area contributed by atoms with Gasteiger partial charge < -0.3 is 10.6 Å². The molecule has 1 aliphatic carbocycles. The summed E-state index contributed by atoms with van der Waals surface area (Å²) in [5.41, 5.74) is 2.92. The molecule has 5 rings (SSSR count). The fraction of sp³-hybridized carbons (Fsp3) is 0.259. The topological polar surface area (TPSA) is 118 Å². The second-order valence-electron chi connectivity index (χ2n) is 9.28. The van der Waals surface area contributed by atoms with Crippen LogP contribution in [0.1, 0.15) is 78.7 Å². The smallest absolute Gasteiger partial charge is 0.347 e. The molecule has 0 fully saturated rings. The van der Waals surface area contributed by atoms with Gasteiger partial charge in [0.2, 0.25) is 0 Å². The first-order valence-electron chi connectivity index (χ1n) is 12.1. The van der Waals surface area contributed by atoms with Crippen molar-refractivity contribution >= 4 is 23.2 Å². The van der Waals surface area contributed by atoms with Gasteiger partial charge in [0.05, 0.1) is 12.2 Å². The van der Waals surface area contributed by atoms with Crippen molar-refractivity contribution in [3.63, 3.8) is 0 Å². The number of nitrogens with zero attached hydrogens (tertiary/aromatic N) is 4. The molecule has 0 saturated carbocycles. The molecular formula is C27H23F3N6O3. The van der Waals surface area contributed by atoms with Crippen LogP contribution in [-0.4, -0.2) is 37.2 Å². The minimum Gasteiger partial charge on any atom is -0.347 e. The summed E-state index contributed by atoms with van der Waals surface area (Å²) >= 11 is 0. The Morgan fingerprint density at radius 1 is 1.08 bits per heavy atom. The average Bonchev–Trinajstić information content (AvgIpc) is 3.54. The number of rotatable bonds is 6. The Kier molecular flexibility index (Phi) is 6.62. The number of ketones is 1. The predicted octanol–water partition coefficient (Wildman–Crippen LogP) is 4.00. The van der Waals surface area contributed by atoms with Crippen LogP contribution >= 0.6 is 0 Å². The highest BCUT2D eigenvalue weighted by atomic mass is 19.4. The molecule has 0 spiro atoms. The second kappa shape index (κ2) is 9.93. The third-order valence-electron chi connectivity index (χ3n) is 6.77. The zero-order valence-electron chi connectivity index (χ0n) is 21.0. The van der Waals surface area contributed by atoms with E-state index in [-0.39, 0.29) is 41.0 Å². The van der Waals surface area contributed by atoms with Crippen LogP contribution in [0.25, 0.3) is 5.65 Å². The van der Waals surface area contributed by atoms with E-state index in [2.05, 4.69) is 25.7 Å². The summed E-state index contributed by atoms with van der Waals surface area (Å²) in [4.78, 5) is 45.7. The Morgan fingerprint density at radius 3 is 2.62 bits per heavy atom. The largest absolute Gasteiger partial charge is 0.433 e. The monoisotopic (exact) mass is 536 g/mol. The maximum absolute atomic E-state index is 13.4. The van der Waals surface area contributed by atoms with Crippen molar-refractivity contribution in [2.75, 3.05) is 0 Å². The van der Waals surface area contributed by atoms with Crippen LogP contribution in [-0.2, 0) is 19.1 Å². The zero-order valence-corrected chi connectivity index (χ0v) is 21.0. The van der Waals surface area contributed by atoms with Gasteiger partial charge in [0.25, 0.3) is 11.8 Å².